The number of allylic oxidation sites excluding steroid dienone is 2. The number of hydrogen-bond acceptors (Lipinski definition) is 6. The quantitative estimate of drug-likeness (QED) is 0.328. The molecule has 1 aromatic carbocycles. The molecule has 4 fully saturated rings. The summed E-state index contributed by atoms with van der Waals surface area (Å²) in [5, 5.41) is 9.40. The van der Waals surface area contributed by atoms with Crippen LogP contribution >= 0.6 is 23.2 Å². The van der Waals surface area contributed by atoms with Crippen molar-refractivity contribution in [3.63, 3.8) is 0 Å². The number of aliphatic hydroxyl groups is 1. The lowest BCUT2D eigenvalue weighted by Crippen LogP contribution is -2.60. The zero-order chi connectivity index (χ0) is 27.7. The van der Waals surface area contributed by atoms with E-state index in [1.54, 1.807) is 24.3 Å². The third kappa shape index (κ3) is 3.60. The van der Waals surface area contributed by atoms with E-state index in [0.29, 0.717) is 17.7 Å². The van der Waals surface area contributed by atoms with E-state index in [1.807, 2.05) is 6.08 Å². The van der Waals surface area contributed by atoms with E-state index >= 15 is 0 Å². The number of amides is 4. The minimum atomic E-state index is -1.86. The van der Waals surface area contributed by atoms with Gasteiger partial charge in [-0.3, -0.25) is 29.0 Å². The van der Waals surface area contributed by atoms with Crippen LogP contribution in [-0.2, 0) is 19.2 Å². The number of aliphatic hydroxyl groups excluding tert-OH is 1. The van der Waals surface area contributed by atoms with Crippen LogP contribution in [0.5, 0.6) is 5.75 Å². The van der Waals surface area contributed by atoms with E-state index in [-0.39, 0.29) is 37.5 Å². The molecular formula is C29H32Cl2N2O6. The number of rotatable bonds is 5. The van der Waals surface area contributed by atoms with Gasteiger partial charge in [-0.25, -0.2) is 0 Å². The summed E-state index contributed by atoms with van der Waals surface area (Å²) in [7, 11) is 1.37. The van der Waals surface area contributed by atoms with Crippen molar-refractivity contribution >= 4 is 46.8 Å². The van der Waals surface area contributed by atoms with Gasteiger partial charge in [0, 0.05) is 24.6 Å². The fourth-order valence-corrected chi connectivity index (χ4v) is 8.83. The van der Waals surface area contributed by atoms with Crippen LogP contribution in [0.2, 0.25) is 0 Å². The summed E-state index contributed by atoms with van der Waals surface area (Å²) in [5.41, 5.74) is 1.29. The summed E-state index contributed by atoms with van der Waals surface area (Å²) in [6.07, 6.45) is 6.95. The summed E-state index contributed by atoms with van der Waals surface area (Å²) >= 11 is 14.5. The van der Waals surface area contributed by atoms with Gasteiger partial charge in [-0.05, 0) is 37.7 Å². The second-order valence-electron chi connectivity index (χ2n) is 11.4. The van der Waals surface area contributed by atoms with Crippen LogP contribution in [0, 0.1) is 17.8 Å². The standard InChI is InChI=1S/C29H32Cl2N2O6/c1-32-26(37)28(30)15-20-17(11-12-19-22(20)25(36)33(24(19)35)16-7-3-2-4-8-16)23(29(28,31)27(32)38)18-9-5-6-10-21(18)39-14-13-34/h5-6,9-11,16,19-20,22-23,34H,2-4,7-8,12-15H2,1H3. The molecule has 2 heterocycles. The molecule has 2 saturated carbocycles. The number of halogens is 2. The normalized spacial score (nSPS) is 36.6. The number of imide groups is 2. The molecule has 4 amide bonds. The molecule has 8 nitrogen and oxygen atoms in total. The van der Waals surface area contributed by atoms with Gasteiger partial charge in [0.1, 0.15) is 12.4 Å². The number of carbonyl (C=O) groups excluding carboxylic acids is 4. The Labute approximate surface area is 237 Å². The van der Waals surface area contributed by atoms with E-state index in [1.165, 1.54) is 11.9 Å². The highest BCUT2D eigenvalue weighted by molar-refractivity contribution is 6.53. The number of fused-ring (bicyclic) bond motifs is 4. The van der Waals surface area contributed by atoms with Crippen LogP contribution in [0.1, 0.15) is 56.4 Å². The molecular weight excluding hydrogens is 543 g/mol. The Kier molecular flexibility index (Phi) is 6.59. The van der Waals surface area contributed by atoms with Gasteiger partial charge in [-0.2, -0.15) is 0 Å². The van der Waals surface area contributed by atoms with Crippen LogP contribution in [0.4, 0.5) is 0 Å². The van der Waals surface area contributed by atoms with Gasteiger partial charge < -0.3 is 9.84 Å². The Morgan fingerprint density at radius 2 is 1.72 bits per heavy atom. The second kappa shape index (κ2) is 9.60. The summed E-state index contributed by atoms with van der Waals surface area (Å²) in [6.45, 7) is -0.193. The maximum absolute atomic E-state index is 14.0. The largest absolute Gasteiger partial charge is 0.491 e. The molecule has 1 N–H and O–H groups in total. The van der Waals surface area contributed by atoms with Crippen LogP contribution < -0.4 is 4.74 Å². The Morgan fingerprint density at radius 1 is 1.00 bits per heavy atom. The Balaban J connectivity index is 1.49. The maximum atomic E-state index is 14.0. The molecule has 6 atom stereocenters. The predicted molar refractivity (Wildman–Crippen MR) is 143 cm³/mol. The lowest BCUT2D eigenvalue weighted by molar-refractivity contribution is -0.144. The minimum Gasteiger partial charge on any atom is -0.491 e. The van der Waals surface area contributed by atoms with Gasteiger partial charge in [-0.15, -0.1) is 23.2 Å². The first-order chi connectivity index (χ1) is 18.7. The Morgan fingerprint density at radius 3 is 2.44 bits per heavy atom. The molecule has 39 heavy (non-hydrogen) atoms. The molecule has 6 unspecified atom stereocenters. The van der Waals surface area contributed by atoms with Crippen LogP contribution in [0.25, 0.3) is 0 Å². The van der Waals surface area contributed by atoms with Gasteiger partial charge in [0.05, 0.1) is 18.4 Å². The van der Waals surface area contributed by atoms with Crippen molar-refractivity contribution in [2.45, 2.75) is 66.7 Å². The molecule has 0 bridgehead atoms. The van der Waals surface area contributed by atoms with Crippen molar-refractivity contribution in [2.24, 2.45) is 17.8 Å². The van der Waals surface area contributed by atoms with Gasteiger partial charge in [-0.1, -0.05) is 49.1 Å². The van der Waals surface area contributed by atoms with Crippen molar-refractivity contribution in [1.29, 1.82) is 0 Å². The van der Waals surface area contributed by atoms with E-state index in [0.717, 1.165) is 42.6 Å². The van der Waals surface area contributed by atoms with Gasteiger partial charge in [0.2, 0.25) is 11.8 Å². The summed E-state index contributed by atoms with van der Waals surface area (Å²) in [5.74, 6) is -3.77. The van der Waals surface area contributed by atoms with Crippen molar-refractivity contribution < 1.29 is 29.0 Å². The van der Waals surface area contributed by atoms with Crippen molar-refractivity contribution in [2.75, 3.05) is 20.3 Å². The smallest absolute Gasteiger partial charge is 0.253 e. The first kappa shape index (κ1) is 26.8. The van der Waals surface area contributed by atoms with Crippen molar-refractivity contribution in [3.8, 4) is 5.75 Å². The Bertz CT molecular complexity index is 1280. The molecule has 3 aliphatic carbocycles. The highest BCUT2D eigenvalue weighted by Crippen LogP contribution is 2.66. The average molecular weight is 575 g/mol. The van der Waals surface area contributed by atoms with Crippen LogP contribution in [0.15, 0.2) is 35.9 Å². The maximum Gasteiger partial charge on any atom is 0.253 e. The second-order valence-corrected chi connectivity index (χ2v) is 12.7. The molecule has 0 radical (unpaired) electrons. The number of benzene rings is 1. The number of hydrogen-bond donors (Lipinski definition) is 1. The zero-order valence-electron chi connectivity index (χ0n) is 21.8. The summed E-state index contributed by atoms with van der Waals surface area (Å²) < 4.78 is 5.84. The number of alkyl halides is 2. The fourth-order valence-electron chi connectivity index (χ4n) is 7.82. The molecule has 2 saturated heterocycles. The molecule has 0 spiro atoms. The van der Waals surface area contributed by atoms with Gasteiger partial charge in [0.15, 0.2) is 9.75 Å². The molecule has 0 aromatic heterocycles. The molecule has 208 valence electrons. The fraction of sp³-hybridized carbons (Fsp3) is 0.586. The topological polar surface area (TPSA) is 104 Å². The summed E-state index contributed by atoms with van der Waals surface area (Å²) in [6, 6.07) is 6.95. The monoisotopic (exact) mass is 574 g/mol. The van der Waals surface area contributed by atoms with Crippen molar-refractivity contribution in [1.82, 2.24) is 9.80 Å². The summed E-state index contributed by atoms with van der Waals surface area (Å²) in [4.78, 5) is 53.8. The van der Waals surface area contributed by atoms with E-state index in [9.17, 15) is 24.3 Å². The predicted octanol–water partition coefficient (Wildman–Crippen LogP) is 3.38. The van der Waals surface area contributed by atoms with E-state index in [2.05, 4.69) is 0 Å². The zero-order valence-corrected chi connectivity index (χ0v) is 23.3. The Hall–Kier alpha value is -2.42. The van der Waals surface area contributed by atoms with Crippen LogP contribution in [0.3, 0.4) is 0 Å². The SMILES string of the molecule is CN1C(=O)C2(Cl)CC3C(=CCC4C(=O)N(C5CCCCC5)C(=O)C43)C(c3ccccc3OCCO)C2(Cl)C1=O. The average Bonchev–Trinajstić information content (AvgIpc) is 3.27. The number of ether oxygens (including phenoxy) is 1. The minimum absolute atomic E-state index is 0.0202. The highest BCUT2D eigenvalue weighted by atomic mass is 35.5. The number of para-hydroxylation sites is 1. The molecule has 10 heteroatoms. The third-order valence-electron chi connectivity index (χ3n) is 9.57. The molecule has 2 aliphatic heterocycles. The molecule has 6 rings (SSSR count). The number of carbonyl (C=O) groups is 4. The molecule has 1 aromatic rings. The van der Waals surface area contributed by atoms with E-state index < -0.39 is 45.2 Å². The lowest BCUT2D eigenvalue weighted by atomic mass is 9.56. The third-order valence-corrected chi connectivity index (χ3v) is 11.0. The van der Waals surface area contributed by atoms with E-state index in [4.69, 9.17) is 27.9 Å². The first-order valence-electron chi connectivity index (χ1n) is 13.8. The van der Waals surface area contributed by atoms with Gasteiger partial charge >= 0.3 is 0 Å². The first-order valence-corrected chi connectivity index (χ1v) is 14.5. The van der Waals surface area contributed by atoms with Gasteiger partial charge in [0.25, 0.3) is 11.8 Å². The number of nitrogens with zero attached hydrogens (tertiary/aromatic N) is 2. The number of likely N-dealkylation sites (tertiary alicyclic amines) is 2. The molecule has 5 aliphatic rings. The lowest BCUT2D eigenvalue weighted by Gasteiger charge is -2.51. The van der Waals surface area contributed by atoms with Crippen molar-refractivity contribution in [3.05, 3.63) is 41.5 Å². The highest BCUT2D eigenvalue weighted by Gasteiger charge is 2.76. The van der Waals surface area contributed by atoms with Crippen LogP contribution in [-0.4, -0.2) is 74.6 Å².